The van der Waals surface area contributed by atoms with Crippen LogP contribution in [0.4, 0.5) is 0 Å². The smallest absolute Gasteiger partial charge is 0.258 e. The zero-order valence-electron chi connectivity index (χ0n) is 7.03. The first-order chi connectivity index (χ1) is 6.02. The van der Waals surface area contributed by atoms with E-state index in [2.05, 4.69) is 0 Å². The molecule has 4 N–H and O–H groups in total. The van der Waals surface area contributed by atoms with Gasteiger partial charge in [0.1, 0.15) is 6.04 Å². The number of nitrogens with two attached hydrogens (primary N) is 2. The van der Waals surface area contributed by atoms with Crippen LogP contribution in [0.2, 0.25) is 4.34 Å². The molecule has 0 saturated heterocycles. The van der Waals surface area contributed by atoms with Gasteiger partial charge in [0.05, 0.1) is 4.34 Å². The second-order valence-electron chi connectivity index (χ2n) is 2.57. The van der Waals surface area contributed by atoms with Crippen LogP contribution in [-0.2, 0) is 4.79 Å². The van der Waals surface area contributed by atoms with Gasteiger partial charge >= 0.3 is 0 Å². The number of hydrogen-bond donors (Lipinski definition) is 2. The summed E-state index contributed by atoms with van der Waals surface area (Å²) in [4.78, 5) is 12.0. The Balaban J connectivity index is 2.79. The summed E-state index contributed by atoms with van der Waals surface area (Å²) >= 11 is 6.97. The first kappa shape index (κ1) is 10.5. The maximum absolute atomic E-state index is 11.3. The first-order valence-corrected chi connectivity index (χ1v) is 4.75. The van der Waals surface area contributed by atoms with Crippen molar-refractivity contribution in [1.29, 1.82) is 0 Å². The molecule has 0 aliphatic rings. The van der Waals surface area contributed by atoms with Crippen LogP contribution in [0, 0.1) is 0 Å². The third kappa shape index (κ3) is 2.41. The first-order valence-electron chi connectivity index (χ1n) is 3.55. The Bertz CT molecular complexity index is 312. The van der Waals surface area contributed by atoms with Crippen molar-refractivity contribution in [2.45, 2.75) is 6.04 Å². The molecule has 6 heteroatoms. The lowest BCUT2D eigenvalue weighted by atomic mass is 10.2. The molecular formula is C7H10ClN3OS. The largest absolute Gasteiger partial charge is 0.315 e. The van der Waals surface area contributed by atoms with E-state index in [1.807, 2.05) is 0 Å². The molecule has 0 aliphatic heterocycles. The molecule has 13 heavy (non-hydrogen) atoms. The van der Waals surface area contributed by atoms with Gasteiger partial charge < -0.3 is 5.73 Å². The summed E-state index contributed by atoms with van der Waals surface area (Å²) in [5.41, 5.74) is 5.63. The number of amides is 1. The van der Waals surface area contributed by atoms with Crippen molar-refractivity contribution in [2.75, 3.05) is 7.05 Å². The highest BCUT2D eigenvalue weighted by molar-refractivity contribution is 7.16. The average Bonchev–Trinajstić information content (AvgIpc) is 2.49. The summed E-state index contributed by atoms with van der Waals surface area (Å²) in [6.45, 7) is 0. The summed E-state index contributed by atoms with van der Waals surface area (Å²) in [5.74, 6) is 4.92. The molecule has 1 aromatic heterocycles. The topological polar surface area (TPSA) is 72.3 Å². The standard InChI is InChI=1S/C7H10ClN3OS/c1-11(10)7(12)6(9)4-2-3-5(8)13-4/h2-3,6H,9-10H2,1H3. The zero-order chi connectivity index (χ0) is 10.0. The van der Waals surface area contributed by atoms with E-state index in [0.29, 0.717) is 9.21 Å². The van der Waals surface area contributed by atoms with Crippen LogP contribution < -0.4 is 11.6 Å². The van der Waals surface area contributed by atoms with Gasteiger partial charge in [-0.05, 0) is 12.1 Å². The Morgan fingerprint density at radius 1 is 1.69 bits per heavy atom. The molecule has 4 nitrogen and oxygen atoms in total. The molecule has 0 radical (unpaired) electrons. The molecule has 0 fully saturated rings. The zero-order valence-corrected chi connectivity index (χ0v) is 8.60. The minimum atomic E-state index is -0.715. The maximum Gasteiger partial charge on any atom is 0.258 e. The molecule has 0 aliphatic carbocycles. The van der Waals surface area contributed by atoms with Gasteiger partial charge in [-0.2, -0.15) is 0 Å². The summed E-state index contributed by atoms with van der Waals surface area (Å²) in [6.07, 6.45) is 0. The lowest BCUT2D eigenvalue weighted by Gasteiger charge is -2.14. The average molecular weight is 220 g/mol. The van der Waals surface area contributed by atoms with E-state index in [1.54, 1.807) is 12.1 Å². The summed E-state index contributed by atoms with van der Waals surface area (Å²) < 4.78 is 0.609. The molecule has 1 aromatic rings. The fraction of sp³-hybridized carbons (Fsp3) is 0.286. The van der Waals surface area contributed by atoms with Gasteiger partial charge in [0.25, 0.3) is 5.91 Å². The van der Waals surface area contributed by atoms with Gasteiger partial charge in [0.15, 0.2) is 0 Å². The molecular weight excluding hydrogens is 210 g/mol. The highest BCUT2D eigenvalue weighted by Crippen LogP contribution is 2.26. The maximum atomic E-state index is 11.3. The molecule has 0 bridgehead atoms. The fourth-order valence-corrected chi connectivity index (χ4v) is 1.89. The number of thiophene rings is 1. The number of likely N-dealkylation sites (N-methyl/N-ethyl adjacent to an activating group) is 1. The Labute approximate surface area is 85.0 Å². The molecule has 1 unspecified atom stereocenters. The van der Waals surface area contributed by atoms with Gasteiger partial charge in [-0.15, -0.1) is 11.3 Å². The van der Waals surface area contributed by atoms with Crippen molar-refractivity contribution in [3.63, 3.8) is 0 Å². The van der Waals surface area contributed by atoms with Gasteiger partial charge in [0.2, 0.25) is 0 Å². The van der Waals surface area contributed by atoms with Crippen molar-refractivity contribution < 1.29 is 4.79 Å². The predicted octanol–water partition coefficient (Wildman–Crippen LogP) is 0.733. The third-order valence-corrected chi connectivity index (χ3v) is 2.83. The minimum Gasteiger partial charge on any atom is -0.315 e. The van der Waals surface area contributed by atoms with Crippen LogP contribution >= 0.6 is 22.9 Å². The number of nitrogens with zero attached hydrogens (tertiary/aromatic N) is 1. The normalized spacial score (nSPS) is 12.6. The fourth-order valence-electron chi connectivity index (χ4n) is 0.837. The van der Waals surface area contributed by atoms with Crippen LogP contribution in [0.1, 0.15) is 10.9 Å². The van der Waals surface area contributed by atoms with E-state index in [1.165, 1.54) is 18.4 Å². The van der Waals surface area contributed by atoms with Crippen molar-refractivity contribution in [3.05, 3.63) is 21.3 Å². The number of carbonyl (C=O) groups excluding carboxylic acids is 1. The van der Waals surface area contributed by atoms with Crippen LogP contribution in [0.5, 0.6) is 0 Å². The second-order valence-corrected chi connectivity index (χ2v) is 4.32. The van der Waals surface area contributed by atoms with Gasteiger partial charge in [-0.1, -0.05) is 11.6 Å². The quantitative estimate of drug-likeness (QED) is 0.438. The molecule has 0 aromatic carbocycles. The van der Waals surface area contributed by atoms with Crippen molar-refractivity contribution in [3.8, 4) is 0 Å². The third-order valence-electron chi connectivity index (χ3n) is 1.51. The van der Waals surface area contributed by atoms with E-state index in [9.17, 15) is 4.79 Å². The second kappa shape index (κ2) is 4.06. The summed E-state index contributed by atoms with van der Waals surface area (Å²) in [5, 5.41) is 0.971. The minimum absolute atomic E-state index is 0.335. The Morgan fingerprint density at radius 3 is 2.69 bits per heavy atom. The lowest BCUT2D eigenvalue weighted by molar-refractivity contribution is -0.131. The van der Waals surface area contributed by atoms with Crippen molar-refractivity contribution in [1.82, 2.24) is 5.01 Å². The molecule has 1 heterocycles. The van der Waals surface area contributed by atoms with Gasteiger partial charge in [-0.25, -0.2) is 5.84 Å². The Hall–Kier alpha value is -0.620. The molecule has 1 atom stereocenters. The predicted molar refractivity (Wildman–Crippen MR) is 53.2 cm³/mol. The molecule has 1 amide bonds. The van der Waals surface area contributed by atoms with E-state index in [0.717, 1.165) is 5.01 Å². The Kier molecular flexibility index (Phi) is 3.27. The summed E-state index contributed by atoms with van der Waals surface area (Å²) in [7, 11) is 1.46. The van der Waals surface area contributed by atoms with Gasteiger partial charge in [0, 0.05) is 11.9 Å². The van der Waals surface area contributed by atoms with Crippen LogP contribution in [0.3, 0.4) is 0 Å². The van der Waals surface area contributed by atoms with E-state index >= 15 is 0 Å². The van der Waals surface area contributed by atoms with E-state index < -0.39 is 6.04 Å². The Morgan fingerprint density at radius 2 is 2.31 bits per heavy atom. The van der Waals surface area contributed by atoms with Gasteiger partial charge in [-0.3, -0.25) is 9.80 Å². The SMILES string of the molecule is CN(N)C(=O)C(N)c1ccc(Cl)s1. The number of hydrazine groups is 1. The van der Waals surface area contributed by atoms with Crippen LogP contribution in [0.15, 0.2) is 12.1 Å². The van der Waals surface area contributed by atoms with E-state index in [-0.39, 0.29) is 5.91 Å². The van der Waals surface area contributed by atoms with Crippen molar-refractivity contribution in [2.24, 2.45) is 11.6 Å². The molecule has 72 valence electrons. The number of rotatable bonds is 2. The molecule has 0 spiro atoms. The summed E-state index contributed by atoms with van der Waals surface area (Å²) in [6, 6.07) is 2.71. The number of hydrogen-bond acceptors (Lipinski definition) is 4. The molecule has 1 rings (SSSR count). The highest BCUT2D eigenvalue weighted by Gasteiger charge is 2.19. The number of carbonyl (C=O) groups is 1. The highest BCUT2D eigenvalue weighted by atomic mass is 35.5. The van der Waals surface area contributed by atoms with E-state index in [4.69, 9.17) is 23.2 Å². The van der Waals surface area contributed by atoms with Crippen LogP contribution in [-0.4, -0.2) is 18.0 Å². The monoisotopic (exact) mass is 219 g/mol. The number of halogens is 1. The van der Waals surface area contributed by atoms with Crippen molar-refractivity contribution >= 4 is 28.8 Å². The lowest BCUT2D eigenvalue weighted by Crippen LogP contribution is -2.39. The molecule has 0 saturated carbocycles. The van der Waals surface area contributed by atoms with Crippen LogP contribution in [0.25, 0.3) is 0 Å².